The molecule has 1 N–H and O–H groups in total. The van der Waals surface area contributed by atoms with Gasteiger partial charge in [0.2, 0.25) is 5.43 Å². The average molecular weight is 218 g/mol. The highest BCUT2D eigenvalue weighted by molar-refractivity contribution is 5.77. The summed E-state index contributed by atoms with van der Waals surface area (Å²) in [6.07, 6.45) is 0. The zero-order valence-corrected chi connectivity index (χ0v) is 9.84. The first-order valence-electron chi connectivity index (χ1n) is 5.16. The summed E-state index contributed by atoms with van der Waals surface area (Å²) in [4.78, 5) is 15.1. The fourth-order valence-corrected chi connectivity index (χ4v) is 1.94. The maximum Gasteiger partial charge on any atom is 0.294 e. The van der Waals surface area contributed by atoms with E-state index in [-0.39, 0.29) is 5.43 Å². The van der Waals surface area contributed by atoms with Crippen LogP contribution < -0.4 is 10.2 Å². The fraction of sp³-hybridized carbons (Fsp3) is 0.333. The molecule has 0 atom stereocenters. The van der Waals surface area contributed by atoms with E-state index < -0.39 is 0 Å². The second-order valence-corrected chi connectivity index (χ2v) is 4.19. The predicted molar refractivity (Wildman–Crippen MR) is 62.5 cm³/mol. The molecule has 0 unspecified atom stereocenters. The van der Waals surface area contributed by atoms with Gasteiger partial charge in [-0.25, -0.2) is 9.71 Å². The highest BCUT2D eigenvalue weighted by atomic mass is 16.5. The Morgan fingerprint density at radius 2 is 1.88 bits per heavy atom. The van der Waals surface area contributed by atoms with Crippen molar-refractivity contribution in [3.05, 3.63) is 44.0 Å². The number of aromatic nitrogens is 2. The number of nitrogens with zero attached hydrogens (tertiary/aromatic N) is 1. The standard InChI is InChI=1S/C12H14N2O2/c1-6-5-7(2)14(16)12-10(6)11(15)8(3)9(4)13-12/h5H,1-4H3,(H,13,15). The number of aryl methyl sites for hydroxylation is 3. The fourth-order valence-electron chi connectivity index (χ4n) is 1.94. The zero-order chi connectivity index (χ0) is 12.0. The van der Waals surface area contributed by atoms with E-state index in [2.05, 4.69) is 4.98 Å². The number of pyridine rings is 2. The monoisotopic (exact) mass is 218 g/mol. The van der Waals surface area contributed by atoms with Crippen LogP contribution in [0, 0.1) is 32.9 Å². The summed E-state index contributed by atoms with van der Waals surface area (Å²) in [7, 11) is 0. The van der Waals surface area contributed by atoms with Crippen molar-refractivity contribution in [2.45, 2.75) is 27.7 Å². The smallest absolute Gasteiger partial charge is 0.294 e. The van der Waals surface area contributed by atoms with E-state index in [4.69, 9.17) is 0 Å². The summed E-state index contributed by atoms with van der Waals surface area (Å²) in [6.45, 7) is 7.14. The highest BCUT2D eigenvalue weighted by Gasteiger charge is 2.15. The molecule has 0 radical (unpaired) electrons. The van der Waals surface area contributed by atoms with Crippen molar-refractivity contribution in [3.63, 3.8) is 0 Å². The molecule has 4 nitrogen and oxygen atoms in total. The molecule has 4 heteroatoms. The molecule has 0 spiro atoms. The van der Waals surface area contributed by atoms with Gasteiger partial charge in [0.05, 0.1) is 0 Å². The van der Waals surface area contributed by atoms with E-state index in [0.29, 0.717) is 22.3 Å². The van der Waals surface area contributed by atoms with Crippen LogP contribution in [0.2, 0.25) is 0 Å². The quantitative estimate of drug-likeness (QED) is 0.536. The van der Waals surface area contributed by atoms with Crippen molar-refractivity contribution in [1.29, 1.82) is 0 Å². The summed E-state index contributed by atoms with van der Waals surface area (Å²) >= 11 is 0. The molecule has 2 rings (SSSR count). The van der Waals surface area contributed by atoms with E-state index in [9.17, 15) is 10.0 Å². The normalized spacial score (nSPS) is 11.0. The van der Waals surface area contributed by atoms with Gasteiger partial charge >= 0.3 is 0 Å². The lowest BCUT2D eigenvalue weighted by molar-refractivity contribution is -0.586. The Bertz CT molecular complexity index is 642. The summed E-state index contributed by atoms with van der Waals surface area (Å²) in [5.41, 5.74) is 3.12. The van der Waals surface area contributed by atoms with Crippen LogP contribution in [0.1, 0.15) is 22.5 Å². The Morgan fingerprint density at radius 1 is 1.25 bits per heavy atom. The van der Waals surface area contributed by atoms with Gasteiger partial charge in [-0.05, 0) is 39.3 Å². The molecule has 0 aromatic carbocycles. The number of nitrogens with one attached hydrogen (secondary N) is 1. The maximum atomic E-state index is 12.1. The minimum Gasteiger partial charge on any atom is -0.710 e. The van der Waals surface area contributed by atoms with Gasteiger partial charge in [0.1, 0.15) is 16.8 Å². The Morgan fingerprint density at radius 3 is 2.50 bits per heavy atom. The van der Waals surface area contributed by atoms with Gasteiger partial charge in [-0.2, -0.15) is 0 Å². The first kappa shape index (κ1) is 10.7. The van der Waals surface area contributed by atoms with Crippen molar-refractivity contribution < 1.29 is 4.73 Å². The third-order valence-electron chi connectivity index (χ3n) is 3.02. The van der Waals surface area contributed by atoms with Gasteiger partial charge in [0, 0.05) is 5.56 Å². The van der Waals surface area contributed by atoms with Crippen molar-refractivity contribution >= 4 is 11.0 Å². The van der Waals surface area contributed by atoms with Crippen molar-refractivity contribution in [2.75, 3.05) is 0 Å². The highest BCUT2D eigenvalue weighted by Crippen LogP contribution is 2.12. The molecular weight excluding hydrogens is 204 g/mol. The lowest BCUT2D eigenvalue weighted by Gasteiger charge is -2.11. The largest absolute Gasteiger partial charge is 0.710 e. The molecule has 2 aromatic rings. The Hall–Kier alpha value is -1.84. The molecule has 84 valence electrons. The van der Waals surface area contributed by atoms with E-state index >= 15 is 0 Å². The number of aromatic amines is 1. The Labute approximate surface area is 93.1 Å². The van der Waals surface area contributed by atoms with Crippen LogP contribution in [0.25, 0.3) is 11.0 Å². The first-order chi connectivity index (χ1) is 7.43. The third kappa shape index (κ3) is 1.30. The number of hydrogen-bond donors (Lipinski definition) is 1. The number of H-pyrrole nitrogens is 1. The molecule has 2 aromatic heterocycles. The Kier molecular flexibility index (Phi) is 2.22. The van der Waals surface area contributed by atoms with E-state index in [1.807, 2.05) is 6.92 Å². The van der Waals surface area contributed by atoms with E-state index in [1.165, 1.54) is 0 Å². The molecular formula is C12H14N2O2. The van der Waals surface area contributed by atoms with Gasteiger partial charge in [0.15, 0.2) is 0 Å². The SMILES string of the molecule is Cc1[nH]c2c(c(C)cc(C)[n+]2[O-])c(=O)c1C. The van der Waals surface area contributed by atoms with Crippen molar-refractivity contribution in [3.8, 4) is 0 Å². The van der Waals surface area contributed by atoms with Gasteiger partial charge < -0.3 is 5.21 Å². The van der Waals surface area contributed by atoms with Gasteiger partial charge in [-0.3, -0.25) is 4.79 Å². The first-order valence-corrected chi connectivity index (χ1v) is 5.16. The number of fused-ring (bicyclic) bond motifs is 1. The van der Waals surface area contributed by atoms with Crippen molar-refractivity contribution in [1.82, 2.24) is 4.98 Å². The topological polar surface area (TPSA) is 59.8 Å². The minimum absolute atomic E-state index is 0.0617. The molecule has 0 amide bonds. The van der Waals surface area contributed by atoms with Crippen LogP contribution >= 0.6 is 0 Å². The zero-order valence-electron chi connectivity index (χ0n) is 9.84. The number of hydrogen-bond acceptors (Lipinski definition) is 2. The maximum absolute atomic E-state index is 12.1. The summed E-state index contributed by atoms with van der Waals surface area (Å²) < 4.78 is 0.774. The lowest BCUT2D eigenvalue weighted by atomic mass is 10.1. The van der Waals surface area contributed by atoms with Crippen LogP contribution in [0.5, 0.6) is 0 Å². The average Bonchev–Trinajstić information content (AvgIpc) is 2.22. The molecule has 0 saturated heterocycles. The van der Waals surface area contributed by atoms with Crippen LogP contribution in [-0.4, -0.2) is 4.98 Å². The van der Waals surface area contributed by atoms with Crippen LogP contribution in [0.4, 0.5) is 0 Å². The van der Waals surface area contributed by atoms with E-state index in [1.54, 1.807) is 26.8 Å². The number of rotatable bonds is 0. The van der Waals surface area contributed by atoms with E-state index in [0.717, 1.165) is 16.0 Å². The molecule has 0 saturated carbocycles. The minimum atomic E-state index is -0.0617. The second kappa shape index (κ2) is 3.33. The molecule has 16 heavy (non-hydrogen) atoms. The molecule has 0 aliphatic rings. The third-order valence-corrected chi connectivity index (χ3v) is 3.02. The second-order valence-electron chi connectivity index (χ2n) is 4.19. The van der Waals surface area contributed by atoms with Gasteiger partial charge in [0.25, 0.3) is 5.65 Å². The van der Waals surface area contributed by atoms with Crippen LogP contribution in [0.3, 0.4) is 0 Å². The molecule has 0 bridgehead atoms. The van der Waals surface area contributed by atoms with Crippen molar-refractivity contribution in [2.24, 2.45) is 0 Å². The molecule has 0 aliphatic heterocycles. The molecule has 0 aliphatic carbocycles. The van der Waals surface area contributed by atoms with Crippen LogP contribution in [-0.2, 0) is 0 Å². The van der Waals surface area contributed by atoms with Crippen LogP contribution in [0.15, 0.2) is 10.9 Å². The predicted octanol–water partition coefficient (Wildman–Crippen LogP) is 1.40. The Balaban J connectivity index is 3.13. The molecule has 0 fully saturated rings. The van der Waals surface area contributed by atoms with Gasteiger partial charge in [-0.1, -0.05) is 0 Å². The summed E-state index contributed by atoms with van der Waals surface area (Å²) in [5.74, 6) is 0. The lowest BCUT2D eigenvalue weighted by Crippen LogP contribution is -2.34. The summed E-state index contributed by atoms with van der Waals surface area (Å²) in [5, 5.41) is 12.3. The molecule has 2 heterocycles. The summed E-state index contributed by atoms with van der Waals surface area (Å²) in [6, 6.07) is 1.74. The van der Waals surface area contributed by atoms with Gasteiger partial charge in [-0.15, -0.1) is 0 Å².